The van der Waals surface area contributed by atoms with Crippen LogP contribution < -0.4 is 0 Å². The van der Waals surface area contributed by atoms with E-state index in [2.05, 4.69) is 5.10 Å². The molecule has 84 valence electrons. The summed E-state index contributed by atoms with van der Waals surface area (Å²) in [5, 5.41) is 22.4. The van der Waals surface area contributed by atoms with Crippen molar-refractivity contribution in [3.8, 4) is 0 Å². The minimum absolute atomic E-state index is 0.750. The molecule has 0 spiro atoms. The molecule has 1 rings (SSSR count). The molecule has 5 heteroatoms. The van der Waals surface area contributed by atoms with E-state index < -0.39 is 17.5 Å². The van der Waals surface area contributed by atoms with Crippen LogP contribution in [0, 0.1) is 6.92 Å². The molecule has 0 saturated heterocycles. The highest BCUT2D eigenvalue weighted by atomic mass is 16.4. The number of nitrogens with zero attached hydrogens (tertiary/aromatic N) is 2. The maximum Gasteiger partial charge on any atom is 0.333 e. The van der Waals surface area contributed by atoms with Gasteiger partial charge in [-0.3, -0.25) is 4.68 Å². The zero-order valence-electron chi connectivity index (χ0n) is 9.35. The molecule has 0 aliphatic rings. The Morgan fingerprint density at radius 1 is 1.60 bits per heavy atom. The minimum Gasteiger partial charge on any atom is -0.479 e. The molecular weight excluding hydrogens is 196 g/mol. The van der Waals surface area contributed by atoms with Crippen LogP contribution in [0.15, 0.2) is 6.20 Å². The van der Waals surface area contributed by atoms with Gasteiger partial charge in [0, 0.05) is 23.7 Å². The van der Waals surface area contributed by atoms with E-state index in [0.717, 1.165) is 11.3 Å². The van der Waals surface area contributed by atoms with Gasteiger partial charge >= 0.3 is 5.97 Å². The lowest BCUT2D eigenvalue weighted by Gasteiger charge is -2.27. The maximum absolute atomic E-state index is 10.8. The summed E-state index contributed by atoms with van der Waals surface area (Å²) in [6.45, 7) is 5.23. The number of carbonyl (C=O) groups is 1. The molecule has 0 amide bonds. The predicted molar refractivity (Wildman–Crippen MR) is 54.6 cm³/mol. The Morgan fingerprint density at radius 2 is 2.13 bits per heavy atom. The quantitative estimate of drug-likeness (QED) is 0.762. The van der Waals surface area contributed by atoms with E-state index in [4.69, 9.17) is 5.11 Å². The summed E-state index contributed by atoms with van der Waals surface area (Å²) in [5.74, 6) is -1.22. The highest BCUT2D eigenvalue weighted by Crippen LogP contribution is 2.29. The molecule has 0 aromatic carbocycles. The van der Waals surface area contributed by atoms with E-state index >= 15 is 0 Å². The first kappa shape index (κ1) is 11.7. The van der Waals surface area contributed by atoms with Gasteiger partial charge in [0.2, 0.25) is 0 Å². The highest BCUT2D eigenvalue weighted by Gasteiger charge is 2.37. The molecule has 5 nitrogen and oxygen atoms in total. The molecule has 1 aromatic rings. The second-order valence-corrected chi connectivity index (χ2v) is 4.23. The van der Waals surface area contributed by atoms with Crippen LogP contribution in [0.5, 0.6) is 0 Å². The summed E-state index contributed by atoms with van der Waals surface area (Å²) >= 11 is 0. The van der Waals surface area contributed by atoms with Gasteiger partial charge < -0.3 is 10.2 Å². The number of carboxylic acid groups (broad SMARTS) is 1. The topological polar surface area (TPSA) is 75.3 Å². The van der Waals surface area contributed by atoms with Gasteiger partial charge in [-0.1, -0.05) is 13.8 Å². The lowest BCUT2D eigenvalue weighted by atomic mass is 9.79. The first-order valence-corrected chi connectivity index (χ1v) is 4.68. The Labute approximate surface area is 88.3 Å². The molecule has 0 fully saturated rings. The van der Waals surface area contributed by atoms with E-state index in [0.29, 0.717) is 0 Å². The van der Waals surface area contributed by atoms with Crippen LogP contribution in [0.3, 0.4) is 0 Å². The molecule has 0 radical (unpaired) electrons. The summed E-state index contributed by atoms with van der Waals surface area (Å²) in [6, 6.07) is 0. The van der Waals surface area contributed by atoms with Gasteiger partial charge in [0.05, 0.1) is 6.20 Å². The van der Waals surface area contributed by atoms with Crippen molar-refractivity contribution < 1.29 is 15.0 Å². The highest BCUT2D eigenvalue weighted by molar-refractivity contribution is 5.74. The van der Waals surface area contributed by atoms with Crippen LogP contribution in [0.4, 0.5) is 0 Å². The fourth-order valence-corrected chi connectivity index (χ4v) is 1.59. The van der Waals surface area contributed by atoms with Gasteiger partial charge in [0.1, 0.15) is 0 Å². The van der Waals surface area contributed by atoms with Gasteiger partial charge in [-0.05, 0) is 6.92 Å². The largest absolute Gasteiger partial charge is 0.479 e. The number of aromatic nitrogens is 2. The predicted octanol–water partition coefficient (Wildman–Crippen LogP) is 0.452. The zero-order valence-corrected chi connectivity index (χ0v) is 9.35. The van der Waals surface area contributed by atoms with E-state index in [1.807, 2.05) is 6.92 Å². The SMILES string of the molecule is Cc1c(C(C)(C)C(O)C(=O)O)cnn1C. The molecule has 2 N–H and O–H groups in total. The van der Waals surface area contributed by atoms with Crippen molar-refractivity contribution in [2.24, 2.45) is 7.05 Å². The third-order valence-corrected chi connectivity index (χ3v) is 2.85. The number of aryl methyl sites for hydroxylation is 1. The van der Waals surface area contributed by atoms with Gasteiger partial charge in [0.25, 0.3) is 0 Å². The van der Waals surface area contributed by atoms with E-state index in [-0.39, 0.29) is 0 Å². The smallest absolute Gasteiger partial charge is 0.333 e. The van der Waals surface area contributed by atoms with Crippen LogP contribution >= 0.6 is 0 Å². The molecule has 0 aliphatic carbocycles. The van der Waals surface area contributed by atoms with Crippen LogP contribution in [-0.4, -0.2) is 32.1 Å². The van der Waals surface area contributed by atoms with Crippen molar-refractivity contribution in [2.45, 2.75) is 32.3 Å². The van der Waals surface area contributed by atoms with E-state index in [1.54, 1.807) is 31.8 Å². The summed E-state index contributed by atoms with van der Waals surface area (Å²) < 4.78 is 1.66. The Morgan fingerprint density at radius 3 is 2.47 bits per heavy atom. The van der Waals surface area contributed by atoms with Gasteiger partial charge in [-0.2, -0.15) is 5.10 Å². The van der Waals surface area contributed by atoms with Crippen LogP contribution in [0.25, 0.3) is 0 Å². The molecule has 0 aliphatic heterocycles. The first-order valence-electron chi connectivity index (χ1n) is 4.68. The number of hydrogen-bond donors (Lipinski definition) is 2. The zero-order chi connectivity index (χ0) is 11.8. The second kappa shape index (κ2) is 3.66. The fourth-order valence-electron chi connectivity index (χ4n) is 1.59. The number of aliphatic hydroxyl groups is 1. The Kier molecular flexibility index (Phi) is 2.86. The first-order chi connectivity index (χ1) is 6.78. The van der Waals surface area contributed by atoms with Crippen molar-refractivity contribution >= 4 is 5.97 Å². The number of carboxylic acids is 1. The minimum atomic E-state index is -1.43. The molecule has 0 saturated carbocycles. The van der Waals surface area contributed by atoms with Gasteiger partial charge in [0.15, 0.2) is 6.10 Å². The molecule has 1 atom stereocenters. The van der Waals surface area contributed by atoms with Gasteiger partial charge in [-0.15, -0.1) is 0 Å². The van der Waals surface area contributed by atoms with Crippen molar-refractivity contribution in [1.29, 1.82) is 0 Å². The summed E-state index contributed by atoms with van der Waals surface area (Å²) in [7, 11) is 1.78. The number of aliphatic carboxylic acids is 1. The molecule has 0 bridgehead atoms. The van der Waals surface area contributed by atoms with Crippen LogP contribution in [0.1, 0.15) is 25.1 Å². The van der Waals surface area contributed by atoms with Crippen LogP contribution in [-0.2, 0) is 17.3 Å². The molecule has 1 unspecified atom stereocenters. The third kappa shape index (κ3) is 1.87. The Bertz CT molecular complexity index is 382. The third-order valence-electron chi connectivity index (χ3n) is 2.85. The standard InChI is InChI=1S/C10H16N2O3/c1-6-7(5-11-12(6)4)10(2,3)8(13)9(14)15/h5,8,13H,1-4H3,(H,14,15). The van der Waals surface area contributed by atoms with Crippen molar-refractivity contribution in [3.05, 3.63) is 17.5 Å². The van der Waals surface area contributed by atoms with Crippen LogP contribution in [0.2, 0.25) is 0 Å². The van der Waals surface area contributed by atoms with E-state index in [9.17, 15) is 9.90 Å². The lowest BCUT2D eigenvalue weighted by molar-refractivity contribution is -0.150. The number of aliphatic hydroxyl groups excluding tert-OH is 1. The molecule has 1 heterocycles. The van der Waals surface area contributed by atoms with Crippen molar-refractivity contribution in [3.63, 3.8) is 0 Å². The summed E-state index contributed by atoms with van der Waals surface area (Å²) in [6.07, 6.45) is 0.169. The van der Waals surface area contributed by atoms with Crippen molar-refractivity contribution in [1.82, 2.24) is 9.78 Å². The maximum atomic E-state index is 10.8. The van der Waals surface area contributed by atoms with E-state index in [1.165, 1.54) is 0 Å². The fraction of sp³-hybridized carbons (Fsp3) is 0.600. The monoisotopic (exact) mass is 212 g/mol. The summed E-state index contributed by atoms with van der Waals surface area (Å²) in [4.78, 5) is 10.8. The molecule has 1 aromatic heterocycles. The Balaban J connectivity index is 3.16. The van der Waals surface area contributed by atoms with Gasteiger partial charge in [-0.25, -0.2) is 4.79 Å². The van der Waals surface area contributed by atoms with Crippen molar-refractivity contribution in [2.75, 3.05) is 0 Å². The Hall–Kier alpha value is -1.36. The summed E-state index contributed by atoms with van der Waals surface area (Å²) in [5.41, 5.74) is 0.768. The number of rotatable bonds is 3. The average molecular weight is 212 g/mol. The molecular formula is C10H16N2O3. The normalized spacial score (nSPS) is 13.9. The average Bonchev–Trinajstić information content (AvgIpc) is 2.46. The number of hydrogen-bond acceptors (Lipinski definition) is 3. The lowest BCUT2D eigenvalue weighted by Crippen LogP contribution is -2.40. The molecule has 15 heavy (non-hydrogen) atoms. The second-order valence-electron chi connectivity index (χ2n) is 4.23.